The summed E-state index contributed by atoms with van der Waals surface area (Å²) in [6.07, 6.45) is 0. The molecule has 0 saturated carbocycles. The number of nitrogens with one attached hydrogen (secondary N) is 2. The number of hydrogen-bond donors (Lipinski definition) is 4. The first kappa shape index (κ1) is 9.83. The summed E-state index contributed by atoms with van der Waals surface area (Å²) in [6.45, 7) is 2.54. The maximum Gasteiger partial charge on any atom is 0.0720 e. The van der Waals surface area contributed by atoms with Gasteiger partial charge in [0.05, 0.1) is 18.0 Å². The van der Waals surface area contributed by atoms with E-state index in [9.17, 15) is 0 Å². The fraction of sp³-hybridized carbons (Fsp3) is 0.333. The van der Waals surface area contributed by atoms with Gasteiger partial charge in [-0.1, -0.05) is 12.1 Å². The molecule has 5 N–H and O–H groups in total. The van der Waals surface area contributed by atoms with E-state index in [1.165, 1.54) is 0 Å². The molecule has 72 valence electrons. The summed E-state index contributed by atoms with van der Waals surface area (Å²) in [5, 5.41) is 8.53. The van der Waals surface area contributed by atoms with E-state index >= 15 is 0 Å². The Morgan fingerprint density at radius 3 is 2.92 bits per heavy atom. The first-order valence-corrected chi connectivity index (χ1v) is 4.20. The number of aryl methyl sites for hydroxylation is 1. The summed E-state index contributed by atoms with van der Waals surface area (Å²) in [5.74, 6) is 0. The van der Waals surface area contributed by atoms with Gasteiger partial charge < -0.3 is 16.3 Å². The van der Waals surface area contributed by atoms with E-state index in [0.717, 1.165) is 16.9 Å². The number of hydrogen-bond acceptors (Lipinski definition) is 4. The predicted molar refractivity (Wildman–Crippen MR) is 54.3 cm³/mol. The maximum atomic E-state index is 8.53. The second-order valence-electron chi connectivity index (χ2n) is 2.81. The van der Waals surface area contributed by atoms with Crippen LogP contribution in [0.5, 0.6) is 0 Å². The van der Waals surface area contributed by atoms with Crippen LogP contribution >= 0.6 is 0 Å². The highest BCUT2D eigenvalue weighted by Gasteiger charge is 1.98. The van der Waals surface area contributed by atoms with E-state index in [1.54, 1.807) is 0 Å². The van der Waals surface area contributed by atoms with Crippen molar-refractivity contribution in [1.29, 1.82) is 0 Å². The van der Waals surface area contributed by atoms with Crippen LogP contribution < -0.4 is 16.6 Å². The Morgan fingerprint density at radius 2 is 2.23 bits per heavy atom. The molecule has 4 nitrogen and oxygen atoms in total. The summed E-state index contributed by atoms with van der Waals surface area (Å²) in [6, 6.07) is 5.76. The number of aliphatic hydroxyl groups excluding tert-OH is 1. The number of nitrogen functional groups attached to an aromatic ring is 1. The van der Waals surface area contributed by atoms with Gasteiger partial charge in [0.2, 0.25) is 0 Å². The fourth-order valence-corrected chi connectivity index (χ4v) is 1.00. The minimum absolute atomic E-state index is 0.0960. The van der Waals surface area contributed by atoms with Crippen LogP contribution in [-0.2, 0) is 0 Å². The predicted octanol–water partition coefficient (Wildman–Crippen LogP) is 0.486. The second-order valence-corrected chi connectivity index (χ2v) is 2.81. The first-order valence-electron chi connectivity index (χ1n) is 4.20. The van der Waals surface area contributed by atoms with Crippen LogP contribution in [0.1, 0.15) is 5.56 Å². The summed E-state index contributed by atoms with van der Waals surface area (Å²) >= 11 is 0. The lowest BCUT2D eigenvalue weighted by Gasteiger charge is -2.10. The van der Waals surface area contributed by atoms with E-state index in [2.05, 4.69) is 10.9 Å². The summed E-state index contributed by atoms with van der Waals surface area (Å²) in [7, 11) is 0. The van der Waals surface area contributed by atoms with Gasteiger partial charge >= 0.3 is 0 Å². The molecule has 0 amide bonds. The van der Waals surface area contributed by atoms with Gasteiger partial charge in [0.15, 0.2) is 0 Å². The highest BCUT2D eigenvalue weighted by molar-refractivity contribution is 5.68. The van der Waals surface area contributed by atoms with Crippen LogP contribution in [0.15, 0.2) is 18.2 Å². The molecule has 0 spiro atoms. The average molecular weight is 181 g/mol. The third-order valence-electron chi connectivity index (χ3n) is 1.78. The minimum Gasteiger partial charge on any atom is -0.397 e. The van der Waals surface area contributed by atoms with Crippen molar-refractivity contribution in [2.24, 2.45) is 0 Å². The molecule has 0 aliphatic heterocycles. The fourth-order valence-electron chi connectivity index (χ4n) is 1.00. The van der Waals surface area contributed by atoms with Crippen molar-refractivity contribution >= 4 is 11.4 Å². The molecule has 0 saturated heterocycles. The zero-order valence-corrected chi connectivity index (χ0v) is 7.67. The van der Waals surface area contributed by atoms with E-state index in [-0.39, 0.29) is 6.61 Å². The normalized spacial score (nSPS) is 10.0. The van der Waals surface area contributed by atoms with Crippen molar-refractivity contribution in [2.45, 2.75) is 6.92 Å². The monoisotopic (exact) mass is 181 g/mol. The smallest absolute Gasteiger partial charge is 0.0720 e. The van der Waals surface area contributed by atoms with Gasteiger partial charge in [0.25, 0.3) is 0 Å². The highest BCUT2D eigenvalue weighted by atomic mass is 16.3. The molecule has 0 unspecified atom stereocenters. The zero-order valence-electron chi connectivity index (χ0n) is 7.67. The standard InChI is InChI=1S/C9H15N3O/c1-7-3-2-4-8(9(7)10)12-11-5-6-13/h2-4,11-13H,5-6,10H2,1H3. The van der Waals surface area contributed by atoms with Crippen LogP contribution in [0, 0.1) is 6.92 Å². The summed E-state index contributed by atoms with van der Waals surface area (Å²) < 4.78 is 0. The third-order valence-corrected chi connectivity index (χ3v) is 1.78. The van der Waals surface area contributed by atoms with E-state index in [1.807, 2.05) is 25.1 Å². The van der Waals surface area contributed by atoms with Crippen LogP contribution in [0.3, 0.4) is 0 Å². The quantitative estimate of drug-likeness (QED) is 0.310. The van der Waals surface area contributed by atoms with Crippen LogP contribution in [-0.4, -0.2) is 18.3 Å². The van der Waals surface area contributed by atoms with Gasteiger partial charge in [-0.15, -0.1) is 0 Å². The van der Waals surface area contributed by atoms with Gasteiger partial charge in [-0.05, 0) is 18.6 Å². The van der Waals surface area contributed by atoms with Crippen LogP contribution in [0.4, 0.5) is 11.4 Å². The zero-order chi connectivity index (χ0) is 9.68. The molecule has 0 atom stereocenters. The van der Waals surface area contributed by atoms with Crippen molar-refractivity contribution < 1.29 is 5.11 Å². The van der Waals surface area contributed by atoms with Crippen LogP contribution in [0.25, 0.3) is 0 Å². The molecular formula is C9H15N3O. The van der Waals surface area contributed by atoms with E-state index < -0.39 is 0 Å². The molecule has 0 aliphatic carbocycles. The van der Waals surface area contributed by atoms with Crippen molar-refractivity contribution in [3.8, 4) is 0 Å². The van der Waals surface area contributed by atoms with Gasteiger partial charge in [-0.25, -0.2) is 5.43 Å². The molecule has 0 radical (unpaired) electrons. The Morgan fingerprint density at radius 1 is 1.46 bits per heavy atom. The summed E-state index contributed by atoms with van der Waals surface area (Å²) in [5.41, 5.74) is 14.2. The molecule has 0 aliphatic rings. The number of para-hydroxylation sites is 1. The second kappa shape index (κ2) is 4.69. The lowest BCUT2D eigenvalue weighted by molar-refractivity contribution is 0.296. The Bertz CT molecular complexity index is 276. The number of aliphatic hydroxyl groups is 1. The van der Waals surface area contributed by atoms with Gasteiger partial charge in [0, 0.05) is 6.54 Å². The van der Waals surface area contributed by atoms with E-state index in [0.29, 0.717) is 6.54 Å². The molecule has 0 bridgehead atoms. The summed E-state index contributed by atoms with van der Waals surface area (Å²) in [4.78, 5) is 0. The van der Waals surface area contributed by atoms with Crippen molar-refractivity contribution in [1.82, 2.24) is 5.43 Å². The topological polar surface area (TPSA) is 70.3 Å². The SMILES string of the molecule is Cc1cccc(NNCCO)c1N. The Hall–Kier alpha value is -1.26. The average Bonchev–Trinajstić information content (AvgIpc) is 2.13. The number of hydrazine groups is 1. The lowest BCUT2D eigenvalue weighted by Crippen LogP contribution is -2.25. The number of rotatable bonds is 4. The molecule has 1 rings (SSSR count). The van der Waals surface area contributed by atoms with Gasteiger partial charge in [-0.3, -0.25) is 0 Å². The molecule has 1 aromatic carbocycles. The molecule has 0 aromatic heterocycles. The minimum atomic E-state index is 0.0960. The van der Waals surface area contributed by atoms with Crippen molar-refractivity contribution in [3.63, 3.8) is 0 Å². The van der Waals surface area contributed by atoms with Gasteiger partial charge in [0.1, 0.15) is 0 Å². The number of anilines is 2. The number of benzene rings is 1. The van der Waals surface area contributed by atoms with Crippen molar-refractivity contribution in [2.75, 3.05) is 24.3 Å². The third kappa shape index (κ3) is 2.61. The molecule has 4 heteroatoms. The molecule has 0 heterocycles. The molecule has 1 aromatic rings. The largest absolute Gasteiger partial charge is 0.397 e. The van der Waals surface area contributed by atoms with E-state index in [4.69, 9.17) is 10.8 Å². The maximum absolute atomic E-state index is 8.53. The Labute approximate surface area is 77.7 Å². The highest BCUT2D eigenvalue weighted by Crippen LogP contribution is 2.20. The van der Waals surface area contributed by atoms with Gasteiger partial charge in [-0.2, -0.15) is 0 Å². The Kier molecular flexibility index (Phi) is 3.54. The molecular weight excluding hydrogens is 166 g/mol. The number of nitrogens with two attached hydrogens (primary N) is 1. The molecule has 13 heavy (non-hydrogen) atoms. The van der Waals surface area contributed by atoms with Crippen molar-refractivity contribution in [3.05, 3.63) is 23.8 Å². The Balaban J connectivity index is 2.61. The lowest BCUT2D eigenvalue weighted by atomic mass is 10.2. The first-order chi connectivity index (χ1) is 6.25. The molecule has 0 fully saturated rings. The van der Waals surface area contributed by atoms with Crippen LogP contribution in [0.2, 0.25) is 0 Å².